The van der Waals surface area contributed by atoms with Crippen molar-refractivity contribution in [2.75, 3.05) is 0 Å². The quantitative estimate of drug-likeness (QED) is 0.195. The van der Waals surface area contributed by atoms with Gasteiger partial charge in [-0.25, -0.2) is 4.99 Å². The Morgan fingerprint density at radius 3 is 1.66 bits per heavy atom. The molecule has 0 saturated carbocycles. The average Bonchev–Trinajstić information content (AvgIpc) is 4.08. The van der Waals surface area contributed by atoms with Crippen LogP contribution < -0.4 is 31.2 Å². The minimum atomic E-state index is -0.00325. The number of hydrogen-bond acceptors (Lipinski definition) is 2. The van der Waals surface area contributed by atoms with Crippen LogP contribution >= 0.6 is 0 Å². The molecule has 1 N–H and O–H groups in total. The number of aliphatic imine (C=N–C) groups is 1. The molecule has 10 rings (SSSR count). The van der Waals surface area contributed by atoms with Crippen molar-refractivity contribution in [2.45, 2.75) is 13.8 Å². The Labute approximate surface area is 346 Å². The fraction of sp³-hybridized carbons (Fsp3) is 0.0385. The molecule has 0 saturated heterocycles. The van der Waals surface area contributed by atoms with E-state index in [4.69, 9.17) is 15.0 Å². The summed E-state index contributed by atoms with van der Waals surface area (Å²) in [6, 6.07) is 51.8. The average molecular weight is 796 g/mol. The van der Waals surface area contributed by atoms with E-state index in [1.807, 2.05) is 98.8 Å². The topological polar surface area (TPSA) is 73.4 Å². The van der Waals surface area contributed by atoms with Crippen LogP contribution in [0.15, 0.2) is 198 Å². The number of fused-ring (bicyclic) bond motifs is 7. The van der Waals surface area contributed by atoms with Gasteiger partial charge in [0, 0.05) is 16.5 Å². The molecular weight excluding hydrogens is 760 g/mol. The number of aromatic nitrogens is 3. The maximum absolute atomic E-state index is 14.2. The zero-order valence-corrected chi connectivity index (χ0v) is 32.7. The Morgan fingerprint density at radius 2 is 1.05 bits per heavy atom. The first-order valence-corrected chi connectivity index (χ1v) is 19.2. The number of carbonyl (C=O) groups excluding carboxylic acids is 1. The largest absolute Gasteiger partial charge is 2.00 e. The first-order valence-electron chi connectivity index (χ1n) is 19.2. The molecule has 1 radical (unpaired) electrons. The third-order valence-electron chi connectivity index (χ3n) is 10.8. The number of carbonyl (C=O) groups is 1. The van der Waals surface area contributed by atoms with Crippen LogP contribution in [0.25, 0.3) is 27.9 Å². The smallest absolute Gasteiger partial charge is 0.657 e. The Kier molecular flexibility index (Phi) is 9.58. The number of hydrogen-bond donors (Lipinski definition) is 1. The van der Waals surface area contributed by atoms with Crippen LogP contribution in [0.3, 0.4) is 0 Å². The van der Waals surface area contributed by atoms with Gasteiger partial charge in [-0.3, -0.25) is 4.79 Å². The van der Waals surface area contributed by atoms with Gasteiger partial charge in [-0.1, -0.05) is 152 Å². The molecule has 3 aromatic heterocycles. The van der Waals surface area contributed by atoms with Crippen LogP contribution in [0.2, 0.25) is 0 Å². The van der Waals surface area contributed by atoms with E-state index in [0.29, 0.717) is 11.1 Å². The van der Waals surface area contributed by atoms with Gasteiger partial charge in [0.15, 0.2) is 5.78 Å². The second kappa shape index (κ2) is 15.2. The minimum absolute atomic E-state index is 0. The molecular formula is C52H36CuN4O. The van der Waals surface area contributed by atoms with Crippen molar-refractivity contribution < 1.29 is 21.9 Å². The van der Waals surface area contributed by atoms with Crippen molar-refractivity contribution >= 4 is 39.4 Å². The van der Waals surface area contributed by atoms with Crippen molar-refractivity contribution in [2.24, 2.45) is 4.99 Å². The number of nitrogens with zero attached hydrogens (tertiary/aromatic N) is 3. The fourth-order valence-electron chi connectivity index (χ4n) is 8.21. The molecule has 7 aromatic rings. The second-order valence-electron chi connectivity index (χ2n) is 14.5. The van der Waals surface area contributed by atoms with Crippen LogP contribution in [-0.4, -0.2) is 16.5 Å². The summed E-state index contributed by atoms with van der Waals surface area (Å²) in [6.07, 6.45) is 8.14. The molecule has 6 heteroatoms. The summed E-state index contributed by atoms with van der Waals surface area (Å²) in [5, 5.41) is 3.23. The second-order valence-corrected chi connectivity index (χ2v) is 14.5. The molecule has 58 heavy (non-hydrogen) atoms. The summed E-state index contributed by atoms with van der Waals surface area (Å²) in [4.78, 5) is 34.3. The standard InChI is InChI=1S/C52H37N4O.Cu/c1-32-29-33(2)52(57)39(30-32)38-31-46-49(36-19-11-5-12-20-36)44-26-25-42(54-44)47(34-15-7-3-8-16-34)40-23-24-41(53-40)48(35-17-9-4-10-18-35)43-27-28-45(55-43)50(51(38)56-46)37-21-13-6-14-22-37;/h3-31H,1-2H3,(H2-,53,54,55,56,57);/q-1;+2/p-1/b47-40?,47-42-,48-41-,48-43?,49-44-,49-46?,50-45?,51-50-;. The van der Waals surface area contributed by atoms with Crippen molar-refractivity contribution in [3.63, 3.8) is 0 Å². The van der Waals surface area contributed by atoms with Gasteiger partial charge in [-0.2, -0.15) is 0 Å². The molecule has 3 aliphatic rings. The Hall–Kier alpha value is -6.98. The van der Waals surface area contributed by atoms with Crippen LogP contribution in [0.4, 0.5) is 0 Å². The van der Waals surface area contributed by atoms with E-state index in [0.717, 1.165) is 99.9 Å². The number of aromatic amines is 1. The summed E-state index contributed by atoms with van der Waals surface area (Å²) in [5.41, 5.74) is 14.1. The summed E-state index contributed by atoms with van der Waals surface area (Å²) < 4.78 is 0. The van der Waals surface area contributed by atoms with Crippen molar-refractivity contribution in [3.8, 4) is 0 Å². The molecule has 5 heterocycles. The van der Waals surface area contributed by atoms with Gasteiger partial charge in [0.1, 0.15) is 0 Å². The SMILES string of the molecule is CC1=C/C(=c2/cc3[nH]/c2=C(/c2ccccc2)c2ccc([n-]2)/C(c2ccccc2)=C2/C=CC(=N2)/C(c2ccccc2)=c2/cc/c([n-]2)=C/3c2ccccc2)C(=O)C(C)=C1.[Cu+2]. The zero-order valence-electron chi connectivity index (χ0n) is 31.8. The third-order valence-corrected chi connectivity index (χ3v) is 10.8. The van der Waals surface area contributed by atoms with Gasteiger partial charge in [0.2, 0.25) is 0 Å². The van der Waals surface area contributed by atoms with Gasteiger partial charge >= 0.3 is 17.1 Å². The van der Waals surface area contributed by atoms with Crippen molar-refractivity contribution in [3.05, 3.63) is 253 Å². The van der Waals surface area contributed by atoms with E-state index in [-0.39, 0.29) is 22.9 Å². The number of Topliss-reactive ketones (excluding diaryl/α,β-unsaturated/α-hetero) is 1. The van der Waals surface area contributed by atoms with Gasteiger partial charge in [0.25, 0.3) is 0 Å². The van der Waals surface area contributed by atoms with Gasteiger partial charge in [-0.15, -0.1) is 22.1 Å². The van der Waals surface area contributed by atoms with Crippen molar-refractivity contribution in [1.29, 1.82) is 0 Å². The summed E-state index contributed by atoms with van der Waals surface area (Å²) in [7, 11) is 0. The Morgan fingerprint density at radius 1 is 0.534 bits per heavy atom. The first kappa shape index (κ1) is 36.6. The third kappa shape index (κ3) is 6.49. The number of allylic oxidation sites excluding steroid dienone is 6. The molecule has 0 unspecified atom stereocenters. The molecule has 0 spiro atoms. The van der Waals surface area contributed by atoms with Gasteiger partial charge in [0.05, 0.1) is 16.8 Å². The van der Waals surface area contributed by atoms with E-state index in [1.165, 1.54) is 0 Å². The maximum Gasteiger partial charge on any atom is 2.00 e. The Balaban J connectivity index is 0.00000436. The monoisotopic (exact) mass is 795 g/mol. The Bertz CT molecular complexity index is 3170. The van der Waals surface area contributed by atoms with Crippen LogP contribution in [0.5, 0.6) is 0 Å². The molecule has 0 amide bonds. The van der Waals surface area contributed by atoms with Crippen LogP contribution in [-0.2, 0) is 21.9 Å². The van der Waals surface area contributed by atoms with Gasteiger partial charge < -0.3 is 15.0 Å². The van der Waals surface area contributed by atoms with Crippen LogP contribution in [0, 0.1) is 0 Å². The van der Waals surface area contributed by atoms with E-state index < -0.39 is 0 Å². The van der Waals surface area contributed by atoms with E-state index in [1.54, 1.807) is 0 Å². The summed E-state index contributed by atoms with van der Waals surface area (Å²) in [5.74, 6) is -0.00325. The summed E-state index contributed by atoms with van der Waals surface area (Å²) >= 11 is 0. The van der Waals surface area contributed by atoms with E-state index in [9.17, 15) is 4.79 Å². The number of ketones is 1. The van der Waals surface area contributed by atoms with Crippen molar-refractivity contribution in [1.82, 2.24) is 15.0 Å². The van der Waals surface area contributed by atoms with Gasteiger partial charge in [-0.05, 0) is 93.8 Å². The number of H-pyrrole nitrogens is 1. The van der Waals surface area contributed by atoms with Crippen LogP contribution in [0.1, 0.15) is 53.2 Å². The fourth-order valence-corrected chi connectivity index (χ4v) is 8.21. The molecule has 1 aliphatic carbocycles. The number of nitrogens with one attached hydrogen (secondary N) is 1. The number of rotatable bonds is 4. The predicted octanol–water partition coefficient (Wildman–Crippen LogP) is 7.03. The normalized spacial score (nSPS) is 20.0. The first-order chi connectivity index (χ1) is 28.0. The minimum Gasteiger partial charge on any atom is -0.657 e. The molecule has 5 nitrogen and oxygen atoms in total. The molecule has 281 valence electrons. The maximum atomic E-state index is 14.2. The molecule has 4 aromatic carbocycles. The molecule has 0 fully saturated rings. The predicted molar refractivity (Wildman–Crippen MR) is 229 cm³/mol. The van der Waals surface area contributed by atoms with E-state index >= 15 is 0 Å². The molecule has 0 atom stereocenters. The number of benzene rings is 4. The molecule has 2 aliphatic heterocycles. The van der Waals surface area contributed by atoms with E-state index in [2.05, 4.69) is 96.0 Å². The summed E-state index contributed by atoms with van der Waals surface area (Å²) in [6.45, 7) is 3.93. The molecule has 8 bridgehead atoms. The zero-order chi connectivity index (χ0) is 38.5.